The summed E-state index contributed by atoms with van der Waals surface area (Å²) in [6, 6.07) is 21.7. The molecule has 46 heavy (non-hydrogen) atoms. The van der Waals surface area contributed by atoms with Gasteiger partial charge in [0.1, 0.15) is 0 Å². The number of aromatic amines is 1. The van der Waals surface area contributed by atoms with Crippen LogP contribution in [0, 0.1) is 0 Å². The van der Waals surface area contributed by atoms with Crippen molar-refractivity contribution in [2.24, 2.45) is 0 Å². The molecule has 3 aliphatic rings. The van der Waals surface area contributed by atoms with Gasteiger partial charge in [-0.25, -0.2) is 14.8 Å². The number of hydrogen-bond donors (Lipinski definition) is 1. The molecule has 3 aromatic carbocycles. The smallest absolute Gasteiger partial charge is 0.306 e. The number of imidazole rings is 1. The molecule has 1 fully saturated rings. The highest BCUT2D eigenvalue weighted by Crippen LogP contribution is 2.32. The number of nitrogens with one attached hydrogen (secondary N) is 1. The van der Waals surface area contributed by atoms with Crippen molar-refractivity contribution in [1.29, 1.82) is 0 Å². The predicted molar refractivity (Wildman–Crippen MR) is 188 cm³/mol. The van der Waals surface area contributed by atoms with E-state index in [1.807, 2.05) is 4.57 Å². The summed E-state index contributed by atoms with van der Waals surface area (Å²) in [5, 5.41) is 2.33. The normalized spacial score (nSPS) is 17.2. The molecule has 0 saturated carbocycles. The average Bonchev–Trinajstić information content (AvgIpc) is 3.26. The highest BCUT2D eigenvalue weighted by atomic mass is 16.1. The van der Waals surface area contributed by atoms with Crippen molar-refractivity contribution < 1.29 is 0 Å². The fourth-order valence-corrected chi connectivity index (χ4v) is 7.09. The van der Waals surface area contributed by atoms with E-state index in [0.29, 0.717) is 0 Å². The minimum atomic E-state index is 0.0221. The zero-order chi connectivity index (χ0) is 31.0. The Morgan fingerprint density at radius 2 is 1.61 bits per heavy atom. The van der Waals surface area contributed by atoms with Gasteiger partial charge in [0.2, 0.25) is 0 Å². The Morgan fingerprint density at radius 1 is 0.870 bits per heavy atom. The highest BCUT2D eigenvalue weighted by Gasteiger charge is 2.25. The van der Waals surface area contributed by atoms with Crippen LogP contribution in [0.4, 0.5) is 0 Å². The van der Waals surface area contributed by atoms with Crippen molar-refractivity contribution in [2.45, 2.75) is 45.2 Å². The molecule has 6 heteroatoms. The third-order valence-electron chi connectivity index (χ3n) is 9.47. The zero-order valence-corrected chi connectivity index (χ0v) is 26.1. The molecule has 2 aliphatic carbocycles. The first-order valence-corrected chi connectivity index (χ1v) is 16.3. The van der Waals surface area contributed by atoms with Crippen LogP contribution in [0.25, 0.3) is 44.7 Å². The Balaban J connectivity index is 1.03. The summed E-state index contributed by atoms with van der Waals surface area (Å²) >= 11 is 0. The molecule has 0 radical (unpaired) electrons. The van der Waals surface area contributed by atoms with Gasteiger partial charge in [-0.2, -0.15) is 0 Å². The minimum absolute atomic E-state index is 0.0221. The van der Waals surface area contributed by atoms with Crippen molar-refractivity contribution in [3.05, 3.63) is 142 Å². The molecule has 6 nitrogen and oxygen atoms in total. The van der Waals surface area contributed by atoms with Gasteiger partial charge >= 0.3 is 5.69 Å². The summed E-state index contributed by atoms with van der Waals surface area (Å²) in [4.78, 5) is 29.0. The van der Waals surface area contributed by atoms with Gasteiger partial charge < -0.3 is 4.98 Å². The van der Waals surface area contributed by atoms with Crippen molar-refractivity contribution in [3.8, 4) is 11.3 Å². The lowest BCUT2D eigenvalue weighted by Gasteiger charge is -2.33. The van der Waals surface area contributed by atoms with Crippen molar-refractivity contribution in [2.75, 3.05) is 13.1 Å². The Kier molecular flexibility index (Phi) is 7.43. The van der Waals surface area contributed by atoms with Crippen LogP contribution in [-0.4, -0.2) is 37.5 Å². The van der Waals surface area contributed by atoms with Crippen molar-refractivity contribution in [1.82, 2.24) is 24.4 Å². The van der Waals surface area contributed by atoms with Crippen LogP contribution in [-0.2, 0) is 13.0 Å². The van der Waals surface area contributed by atoms with Gasteiger partial charge in [0.05, 0.1) is 33.8 Å². The lowest BCUT2D eigenvalue weighted by molar-refractivity contribution is 0.177. The Labute approximate surface area is 268 Å². The number of benzene rings is 3. The second kappa shape index (κ2) is 12.0. The maximum Gasteiger partial charge on any atom is 0.326 e. The molecule has 0 amide bonds. The van der Waals surface area contributed by atoms with Crippen LogP contribution in [0.15, 0.2) is 114 Å². The number of piperidine rings is 1. The number of nitrogens with zero attached hydrogens (tertiary/aromatic N) is 4. The summed E-state index contributed by atoms with van der Waals surface area (Å²) < 4.78 is 2.03. The fourth-order valence-electron chi connectivity index (χ4n) is 7.09. The molecule has 2 aromatic heterocycles. The predicted octanol–water partition coefficient (Wildman–Crippen LogP) is 8.19. The third-order valence-corrected chi connectivity index (χ3v) is 9.47. The van der Waals surface area contributed by atoms with Gasteiger partial charge in [-0.3, -0.25) is 9.47 Å². The largest absolute Gasteiger partial charge is 0.326 e. The second-order valence-electron chi connectivity index (χ2n) is 12.7. The summed E-state index contributed by atoms with van der Waals surface area (Å²) in [6.07, 6.45) is 20.8. The molecular weight excluding hydrogens is 566 g/mol. The van der Waals surface area contributed by atoms with Crippen LogP contribution in [0.2, 0.25) is 0 Å². The van der Waals surface area contributed by atoms with Gasteiger partial charge in [-0.15, -0.1) is 0 Å². The molecule has 1 N–H and O–H groups in total. The molecule has 1 saturated heterocycles. The molecule has 0 spiro atoms. The van der Waals surface area contributed by atoms with E-state index >= 15 is 0 Å². The Hall–Kier alpha value is -5.07. The SMILES string of the molecule is CC1=Cc2[nH]c(=O)n(C3CCN(Cc4ccc(-c5nc6cc7ccccc7cc6nc5C5=CC=CCC=C5)cc4)CC3)c2CC=C1. The van der Waals surface area contributed by atoms with Crippen molar-refractivity contribution in [3.63, 3.8) is 0 Å². The van der Waals surface area contributed by atoms with E-state index in [0.717, 1.165) is 90.3 Å². The highest BCUT2D eigenvalue weighted by molar-refractivity contribution is 5.97. The zero-order valence-electron chi connectivity index (χ0n) is 26.1. The molecule has 3 heterocycles. The Morgan fingerprint density at radius 3 is 2.37 bits per heavy atom. The first-order chi connectivity index (χ1) is 22.6. The number of rotatable bonds is 5. The molecule has 1 aliphatic heterocycles. The van der Waals surface area contributed by atoms with Crippen LogP contribution in [0.1, 0.15) is 54.9 Å². The van der Waals surface area contributed by atoms with E-state index in [-0.39, 0.29) is 11.7 Å². The van der Waals surface area contributed by atoms with Gasteiger partial charge in [0, 0.05) is 43.2 Å². The van der Waals surface area contributed by atoms with Crippen LogP contribution in [0.5, 0.6) is 0 Å². The van der Waals surface area contributed by atoms with E-state index in [1.54, 1.807) is 0 Å². The minimum Gasteiger partial charge on any atom is -0.306 e. The summed E-state index contributed by atoms with van der Waals surface area (Å²) in [6.45, 7) is 4.89. The van der Waals surface area contributed by atoms with Gasteiger partial charge in [-0.05, 0) is 66.3 Å². The molecule has 8 rings (SSSR count). The molecule has 0 unspecified atom stereocenters. The van der Waals surface area contributed by atoms with E-state index < -0.39 is 0 Å². The summed E-state index contributed by atoms with van der Waals surface area (Å²) in [7, 11) is 0. The van der Waals surface area contributed by atoms with Crippen molar-refractivity contribution >= 4 is 33.5 Å². The average molecular weight is 604 g/mol. The second-order valence-corrected chi connectivity index (χ2v) is 12.7. The topological polar surface area (TPSA) is 66.8 Å². The number of likely N-dealkylation sites (tertiary alicyclic amines) is 1. The number of allylic oxidation sites excluding steroid dienone is 9. The molecule has 5 aromatic rings. The lowest BCUT2D eigenvalue weighted by Crippen LogP contribution is -2.37. The van der Waals surface area contributed by atoms with Crippen LogP contribution >= 0.6 is 0 Å². The molecule has 228 valence electrons. The maximum absolute atomic E-state index is 12.9. The Bertz CT molecular complexity index is 2170. The first kappa shape index (κ1) is 28.4. The lowest BCUT2D eigenvalue weighted by atomic mass is 10.0. The van der Waals surface area contributed by atoms with E-state index in [4.69, 9.17) is 9.97 Å². The van der Waals surface area contributed by atoms with Gasteiger partial charge in [-0.1, -0.05) is 91.1 Å². The standard InChI is InChI=1S/C40H37N5O/c1-27-9-8-14-37-36(23-27)43-40(46)45(37)33-19-21-44(22-20-33)26-28-15-17-30(18-16-28)39-38(29-10-4-2-3-5-11-29)41-34-24-31-12-6-7-13-32(31)25-35(34)42-39/h2,4-13,15-18,23-25,33H,3,14,19-22,26H2,1H3,(H,43,46). The van der Waals surface area contributed by atoms with E-state index in [9.17, 15) is 4.79 Å². The number of aromatic nitrogens is 4. The summed E-state index contributed by atoms with van der Waals surface area (Å²) in [5.74, 6) is 0. The third kappa shape index (κ3) is 5.50. The number of hydrogen-bond acceptors (Lipinski definition) is 4. The van der Waals surface area contributed by atoms with E-state index in [1.165, 1.54) is 21.9 Å². The van der Waals surface area contributed by atoms with Crippen LogP contribution in [0.3, 0.4) is 0 Å². The number of fused-ring (bicyclic) bond motifs is 3. The monoisotopic (exact) mass is 603 g/mol. The maximum atomic E-state index is 12.9. The van der Waals surface area contributed by atoms with Gasteiger partial charge in [0.15, 0.2) is 0 Å². The fraction of sp³-hybridized carbons (Fsp3) is 0.225. The summed E-state index contributed by atoms with van der Waals surface area (Å²) in [5.41, 5.74) is 10.3. The number of H-pyrrole nitrogens is 1. The quantitative estimate of drug-likeness (QED) is 0.206. The van der Waals surface area contributed by atoms with Crippen LogP contribution < -0.4 is 5.69 Å². The van der Waals surface area contributed by atoms with E-state index in [2.05, 4.69) is 126 Å². The van der Waals surface area contributed by atoms with Gasteiger partial charge in [0.25, 0.3) is 0 Å². The first-order valence-electron chi connectivity index (χ1n) is 16.3. The molecular formula is C40H37N5O. The molecule has 0 bridgehead atoms. The molecule has 0 atom stereocenters.